The second-order valence-corrected chi connectivity index (χ2v) is 4.59. The van der Waals surface area contributed by atoms with Gasteiger partial charge in [-0.3, -0.25) is 5.32 Å². The predicted molar refractivity (Wildman–Crippen MR) is 83.4 cm³/mol. The molecule has 1 heterocycles. The summed E-state index contributed by atoms with van der Waals surface area (Å²) in [6.45, 7) is 0. The molecule has 110 valence electrons. The summed E-state index contributed by atoms with van der Waals surface area (Å²) >= 11 is 0. The Kier molecular flexibility index (Phi) is 3.87. The van der Waals surface area contributed by atoms with E-state index in [1.165, 1.54) is 7.11 Å². The maximum atomic E-state index is 11.1. The molecule has 0 aliphatic rings. The summed E-state index contributed by atoms with van der Waals surface area (Å²) in [5.74, 6) is 1.25. The van der Waals surface area contributed by atoms with Crippen molar-refractivity contribution in [1.82, 2.24) is 4.98 Å². The van der Waals surface area contributed by atoms with Gasteiger partial charge in [-0.1, -0.05) is 18.2 Å². The van der Waals surface area contributed by atoms with E-state index in [-0.39, 0.29) is 0 Å². The number of rotatable bonds is 3. The molecule has 3 aromatic rings. The van der Waals surface area contributed by atoms with Gasteiger partial charge in [-0.25, -0.2) is 9.78 Å². The van der Waals surface area contributed by atoms with Crippen LogP contribution in [0.3, 0.4) is 0 Å². The largest absolute Gasteiger partial charge is 0.453 e. The topological polar surface area (TPSA) is 64.4 Å². The van der Waals surface area contributed by atoms with Crippen molar-refractivity contribution < 1.29 is 13.9 Å². The fraction of sp³-hybridized carbons (Fsp3) is 0.0588. The van der Waals surface area contributed by atoms with Gasteiger partial charge in [0.05, 0.1) is 13.3 Å². The first kappa shape index (κ1) is 13.9. The standard InChI is InChI=1S/C17H14N2O3/c1-21-17(20)19-14-9-7-12(8-10-14)15-11-18-16(22-15)13-5-3-2-4-6-13/h2-11H,1H3,(H,19,20). The van der Waals surface area contributed by atoms with E-state index in [0.29, 0.717) is 17.3 Å². The summed E-state index contributed by atoms with van der Waals surface area (Å²) in [6, 6.07) is 17.0. The van der Waals surface area contributed by atoms with Crippen LogP contribution in [0.1, 0.15) is 0 Å². The van der Waals surface area contributed by atoms with E-state index in [2.05, 4.69) is 15.0 Å². The second-order valence-electron chi connectivity index (χ2n) is 4.59. The molecule has 0 aliphatic carbocycles. The molecule has 3 rings (SSSR count). The van der Waals surface area contributed by atoms with Gasteiger partial charge in [-0.05, 0) is 36.4 Å². The number of oxazole rings is 1. The van der Waals surface area contributed by atoms with Crippen LogP contribution in [0.15, 0.2) is 65.2 Å². The van der Waals surface area contributed by atoms with Crippen molar-refractivity contribution in [3.8, 4) is 22.8 Å². The lowest BCUT2D eigenvalue weighted by Crippen LogP contribution is -2.10. The van der Waals surface area contributed by atoms with Crippen LogP contribution in [-0.4, -0.2) is 18.2 Å². The fourth-order valence-electron chi connectivity index (χ4n) is 2.01. The van der Waals surface area contributed by atoms with E-state index >= 15 is 0 Å². The highest BCUT2D eigenvalue weighted by Crippen LogP contribution is 2.26. The first-order valence-corrected chi connectivity index (χ1v) is 6.73. The Morgan fingerprint density at radius 1 is 1.05 bits per heavy atom. The Balaban J connectivity index is 1.80. The van der Waals surface area contributed by atoms with Crippen molar-refractivity contribution in [2.24, 2.45) is 0 Å². The Hall–Kier alpha value is -3.08. The summed E-state index contributed by atoms with van der Waals surface area (Å²) < 4.78 is 10.3. The van der Waals surface area contributed by atoms with E-state index in [0.717, 1.165) is 11.1 Å². The summed E-state index contributed by atoms with van der Waals surface area (Å²) in [7, 11) is 1.32. The molecule has 2 aromatic carbocycles. The van der Waals surface area contributed by atoms with Crippen LogP contribution in [0.4, 0.5) is 10.5 Å². The number of aromatic nitrogens is 1. The van der Waals surface area contributed by atoms with Crippen LogP contribution in [0.5, 0.6) is 0 Å². The number of hydrogen-bond acceptors (Lipinski definition) is 4. The number of methoxy groups -OCH3 is 1. The lowest BCUT2D eigenvalue weighted by atomic mass is 10.2. The van der Waals surface area contributed by atoms with Crippen molar-refractivity contribution in [3.63, 3.8) is 0 Å². The number of nitrogens with one attached hydrogen (secondary N) is 1. The fourth-order valence-corrected chi connectivity index (χ4v) is 2.01. The zero-order valence-corrected chi connectivity index (χ0v) is 11.9. The van der Waals surface area contributed by atoms with Crippen molar-refractivity contribution in [2.75, 3.05) is 12.4 Å². The molecule has 1 amide bonds. The van der Waals surface area contributed by atoms with Gasteiger partial charge in [0.2, 0.25) is 5.89 Å². The minimum Gasteiger partial charge on any atom is -0.453 e. The average Bonchev–Trinajstić information content (AvgIpc) is 3.06. The molecule has 0 aliphatic heterocycles. The van der Waals surface area contributed by atoms with E-state index in [9.17, 15) is 4.79 Å². The van der Waals surface area contributed by atoms with Crippen LogP contribution in [0.25, 0.3) is 22.8 Å². The zero-order valence-electron chi connectivity index (χ0n) is 11.9. The summed E-state index contributed by atoms with van der Waals surface area (Å²) in [5, 5.41) is 2.59. The molecule has 1 aromatic heterocycles. The first-order valence-electron chi connectivity index (χ1n) is 6.73. The maximum absolute atomic E-state index is 11.1. The van der Waals surface area contributed by atoms with Gasteiger partial charge in [-0.15, -0.1) is 0 Å². The van der Waals surface area contributed by atoms with Gasteiger partial charge in [0.1, 0.15) is 0 Å². The van der Waals surface area contributed by atoms with Crippen molar-refractivity contribution in [3.05, 3.63) is 60.8 Å². The van der Waals surface area contributed by atoms with E-state index in [1.54, 1.807) is 18.3 Å². The van der Waals surface area contributed by atoms with E-state index in [1.807, 2.05) is 42.5 Å². The van der Waals surface area contributed by atoms with Crippen LogP contribution in [-0.2, 0) is 4.74 Å². The molecule has 0 bridgehead atoms. The number of carbonyl (C=O) groups is 1. The predicted octanol–water partition coefficient (Wildman–Crippen LogP) is 4.19. The number of amides is 1. The highest BCUT2D eigenvalue weighted by molar-refractivity contribution is 5.84. The minimum absolute atomic E-state index is 0.501. The molecule has 0 fully saturated rings. The molecule has 5 nitrogen and oxygen atoms in total. The third-order valence-corrected chi connectivity index (χ3v) is 3.13. The number of ether oxygens (including phenoxy) is 1. The number of benzene rings is 2. The van der Waals surface area contributed by atoms with Gasteiger partial charge in [0.25, 0.3) is 0 Å². The average molecular weight is 294 g/mol. The Morgan fingerprint density at radius 3 is 2.45 bits per heavy atom. The SMILES string of the molecule is COC(=O)Nc1ccc(-c2cnc(-c3ccccc3)o2)cc1. The third kappa shape index (κ3) is 2.98. The van der Waals surface area contributed by atoms with Crippen molar-refractivity contribution >= 4 is 11.8 Å². The molecular formula is C17H14N2O3. The Labute approximate surface area is 127 Å². The number of anilines is 1. The zero-order chi connectivity index (χ0) is 15.4. The third-order valence-electron chi connectivity index (χ3n) is 3.13. The van der Waals surface area contributed by atoms with Crippen molar-refractivity contribution in [1.29, 1.82) is 0 Å². The summed E-state index contributed by atoms with van der Waals surface area (Å²) in [5.41, 5.74) is 2.46. The van der Waals surface area contributed by atoms with Crippen LogP contribution in [0, 0.1) is 0 Å². The van der Waals surface area contributed by atoms with Crippen molar-refractivity contribution in [2.45, 2.75) is 0 Å². The molecule has 0 saturated carbocycles. The van der Waals surface area contributed by atoms with Gasteiger partial charge in [-0.2, -0.15) is 0 Å². The van der Waals surface area contributed by atoms with Crippen LogP contribution in [0.2, 0.25) is 0 Å². The highest BCUT2D eigenvalue weighted by Gasteiger charge is 2.08. The minimum atomic E-state index is -0.501. The Bertz CT molecular complexity index is 764. The molecule has 22 heavy (non-hydrogen) atoms. The number of nitrogens with zero attached hydrogens (tertiary/aromatic N) is 1. The van der Waals surface area contributed by atoms with E-state index < -0.39 is 6.09 Å². The lowest BCUT2D eigenvalue weighted by Gasteiger charge is -2.03. The highest BCUT2D eigenvalue weighted by atomic mass is 16.5. The molecule has 0 unspecified atom stereocenters. The summed E-state index contributed by atoms with van der Waals surface area (Å²) in [4.78, 5) is 15.4. The molecule has 0 atom stereocenters. The van der Waals surface area contributed by atoms with Crippen LogP contribution >= 0.6 is 0 Å². The molecule has 1 N–H and O–H groups in total. The maximum Gasteiger partial charge on any atom is 0.411 e. The molecule has 0 radical (unpaired) electrons. The quantitative estimate of drug-likeness (QED) is 0.786. The number of hydrogen-bond donors (Lipinski definition) is 1. The van der Waals surface area contributed by atoms with Gasteiger partial charge in [0, 0.05) is 16.8 Å². The normalized spacial score (nSPS) is 10.2. The van der Waals surface area contributed by atoms with E-state index in [4.69, 9.17) is 4.42 Å². The molecule has 5 heteroatoms. The molecule has 0 saturated heterocycles. The molecular weight excluding hydrogens is 280 g/mol. The van der Waals surface area contributed by atoms with Gasteiger partial charge >= 0.3 is 6.09 Å². The number of carbonyl (C=O) groups excluding carboxylic acids is 1. The molecule has 0 spiro atoms. The second kappa shape index (κ2) is 6.13. The monoisotopic (exact) mass is 294 g/mol. The Morgan fingerprint density at radius 2 is 1.77 bits per heavy atom. The smallest absolute Gasteiger partial charge is 0.411 e. The lowest BCUT2D eigenvalue weighted by molar-refractivity contribution is 0.187. The van der Waals surface area contributed by atoms with Crippen LogP contribution < -0.4 is 5.32 Å². The van der Waals surface area contributed by atoms with Gasteiger partial charge in [0.15, 0.2) is 5.76 Å². The van der Waals surface area contributed by atoms with Gasteiger partial charge < -0.3 is 9.15 Å². The first-order chi connectivity index (χ1) is 10.8. The summed E-state index contributed by atoms with van der Waals surface area (Å²) in [6.07, 6.45) is 1.18.